The molecule has 0 saturated carbocycles. The highest BCUT2D eigenvalue weighted by atomic mass is 19.2. The van der Waals surface area contributed by atoms with Gasteiger partial charge in [0.2, 0.25) is 0 Å². The number of anilines is 1. The second kappa shape index (κ2) is 11.7. The van der Waals surface area contributed by atoms with Crippen LogP contribution in [0.15, 0.2) is 46.6 Å². The molecule has 0 aromatic heterocycles. The van der Waals surface area contributed by atoms with Crippen LogP contribution in [0.2, 0.25) is 0 Å². The quantitative estimate of drug-likeness (QED) is 0.428. The SMILES string of the molecule is CN=C(C)C(CCCc1c(-c2ccc(NC)c(C(=N)CN(C)C)c2)ccc(F)c1F)=C(C)N. The third-order valence-electron chi connectivity index (χ3n) is 5.70. The van der Waals surface area contributed by atoms with E-state index < -0.39 is 11.6 Å². The zero-order chi connectivity index (χ0) is 24.7. The summed E-state index contributed by atoms with van der Waals surface area (Å²) in [5.41, 5.74) is 12.2. The molecule has 33 heavy (non-hydrogen) atoms. The molecule has 7 heteroatoms. The second-order valence-corrected chi connectivity index (χ2v) is 8.44. The lowest BCUT2D eigenvalue weighted by molar-refractivity contribution is 0.469. The van der Waals surface area contributed by atoms with Crippen LogP contribution in [0.1, 0.15) is 37.8 Å². The predicted molar refractivity (Wildman–Crippen MR) is 136 cm³/mol. The van der Waals surface area contributed by atoms with Crippen LogP contribution in [0.5, 0.6) is 0 Å². The fraction of sp³-hybridized carbons (Fsp3) is 0.385. The first kappa shape index (κ1) is 26.2. The minimum absolute atomic E-state index is 0.331. The van der Waals surface area contributed by atoms with Crippen LogP contribution in [0.4, 0.5) is 14.5 Å². The van der Waals surface area contributed by atoms with Gasteiger partial charge in [0.05, 0.1) is 5.71 Å². The smallest absolute Gasteiger partial charge is 0.162 e. The van der Waals surface area contributed by atoms with E-state index in [9.17, 15) is 8.78 Å². The highest BCUT2D eigenvalue weighted by molar-refractivity contribution is 6.05. The Morgan fingerprint density at radius 1 is 1.15 bits per heavy atom. The molecule has 0 fully saturated rings. The molecular formula is C26H35F2N5. The van der Waals surface area contributed by atoms with Crippen LogP contribution in [0.25, 0.3) is 11.1 Å². The van der Waals surface area contributed by atoms with E-state index in [0.717, 1.165) is 34.2 Å². The first-order valence-electron chi connectivity index (χ1n) is 11.0. The van der Waals surface area contributed by atoms with E-state index in [1.165, 1.54) is 0 Å². The molecule has 0 spiro atoms. The monoisotopic (exact) mass is 455 g/mol. The van der Waals surface area contributed by atoms with Crippen LogP contribution >= 0.6 is 0 Å². The van der Waals surface area contributed by atoms with Crippen LogP contribution in [-0.4, -0.2) is 51.1 Å². The molecule has 0 aliphatic heterocycles. The third-order valence-corrected chi connectivity index (χ3v) is 5.70. The Morgan fingerprint density at radius 3 is 2.42 bits per heavy atom. The van der Waals surface area contributed by atoms with Crippen molar-refractivity contribution in [1.82, 2.24) is 4.90 Å². The largest absolute Gasteiger partial charge is 0.402 e. The van der Waals surface area contributed by atoms with Crippen molar-refractivity contribution < 1.29 is 8.78 Å². The van der Waals surface area contributed by atoms with E-state index >= 15 is 0 Å². The fourth-order valence-electron chi connectivity index (χ4n) is 3.93. The van der Waals surface area contributed by atoms with Gasteiger partial charge in [-0.1, -0.05) is 12.1 Å². The molecule has 2 aromatic rings. The number of hydrogen-bond acceptors (Lipinski definition) is 5. The van der Waals surface area contributed by atoms with Gasteiger partial charge in [-0.15, -0.1) is 0 Å². The molecule has 0 saturated heterocycles. The van der Waals surface area contributed by atoms with Crippen LogP contribution in [0, 0.1) is 17.0 Å². The Morgan fingerprint density at radius 2 is 1.85 bits per heavy atom. The first-order valence-corrected chi connectivity index (χ1v) is 11.0. The minimum Gasteiger partial charge on any atom is -0.402 e. The average Bonchev–Trinajstić information content (AvgIpc) is 2.77. The molecule has 2 aromatic carbocycles. The summed E-state index contributed by atoms with van der Waals surface area (Å²) in [5.74, 6) is -1.69. The van der Waals surface area contributed by atoms with E-state index in [1.54, 1.807) is 20.2 Å². The fourth-order valence-corrected chi connectivity index (χ4v) is 3.93. The summed E-state index contributed by atoms with van der Waals surface area (Å²) in [4.78, 5) is 6.13. The highest BCUT2D eigenvalue weighted by Crippen LogP contribution is 2.32. The van der Waals surface area contributed by atoms with Crippen molar-refractivity contribution in [3.8, 4) is 11.1 Å². The van der Waals surface area contributed by atoms with Crippen LogP contribution in [0.3, 0.4) is 0 Å². The number of nitrogens with zero attached hydrogens (tertiary/aromatic N) is 2. The molecule has 0 unspecified atom stereocenters. The van der Waals surface area contributed by atoms with E-state index in [1.807, 2.05) is 51.0 Å². The number of nitrogens with two attached hydrogens (primary N) is 1. The van der Waals surface area contributed by atoms with Crippen molar-refractivity contribution >= 4 is 17.1 Å². The maximum absolute atomic E-state index is 14.9. The van der Waals surface area contributed by atoms with E-state index in [2.05, 4.69) is 10.3 Å². The van der Waals surface area contributed by atoms with Gasteiger partial charge in [-0.3, -0.25) is 4.99 Å². The molecule has 178 valence electrons. The third kappa shape index (κ3) is 6.48. The van der Waals surface area contributed by atoms with Gasteiger partial charge in [-0.25, -0.2) is 8.78 Å². The summed E-state index contributed by atoms with van der Waals surface area (Å²) in [6, 6.07) is 8.40. The van der Waals surface area contributed by atoms with Crippen molar-refractivity contribution in [3.05, 3.63) is 64.4 Å². The number of allylic oxidation sites excluding steroid dienone is 2. The molecular weight excluding hydrogens is 420 g/mol. The summed E-state index contributed by atoms with van der Waals surface area (Å²) in [6.07, 6.45) is 1.57. The standard InChI is InChI=1S/C26H35F2N5/c1-16(29)19(17(2)31-3)8-7-9-21-20(11-12-23(27)26(21)28)18-10-13-25(32-4)22(14-18)24(30)15-33(5)6/h10-14,30,32H,7-9,15,29H2,1-6H3. The van der Waals surface area contributed by atoms with Crippen molar-refractivity contribution in [2.45, 2.75) is 33.1 Å². The Balaban J connectivity index is 2.45. The predicted octanol–water partition coefficient (Wildman–Crippen LogP) is 5.25. The molecule has 0 heterocycles. The van der Waals surface area contributed by atoms with Gasteiger partial charge in [0.25, 0.3) is 0 Å². The first-order chi connectivity index (χ1) is 15.6. The lowest BCUT2D eigenvalue weighted by Gasteiger charge is -2.17. The molecule has 2 rings (SSSR count). The summed E-state index contributed by atoms with van der Waals surface area (Å²) >= 11 is 0. The Kier molecular flexibility index (Phi) is 9.29. The van der Waals surface area contributed by atoms with Crippen LogP contribution < -0.4 is 11.1 Å². The number of nitrogens with one attached hydrogen (secondary N) is 2. The van der Waals surface area contributed by atoms with Gasteiger partial charge >= 0.3 is 0 Å². The molecule has 0 aliphatic rings. The van der Waals surface area contributed by atoms with Gasteiger partial charge in [0.15, 0.2) is 11.6 Å². The highest BCUT2D eigenvalue weighted by Gasteiger charge is 2.18. The van der Waals surface area contributed by atoms with Crippen molar-refractivity contribution in [1.29, 1.82) is 5.41 Å². The summed E-state index contributed by atoms with van der Waals surface area (Å²) < 4.78 is 29.1. The normalized spacial score (nSPS) is 12.7. The second-order valence-electron chi connectivity index (χ2n) is 8.44. The Hall–Kier alpha value is -3.06. The van der Waals surface area contributed by atoms with Gasteiger partial charge in [0.1, 0.15) is 0 Å². The van der Waals surface area contributed by atoms with Crippen LogP contribution in [-0.2, 0) is 6.42 Å². The Bertz CT molecular complexity index is 1070. The Labute approximate surface area is 195 Å². The molecule has 0 aliphatic carbocycles. The maximum Gasteiger partial charge on any atom is 0.162 e. The lowest BCUT2D eigenvalue weighted by Crippen LogP contribution is -2.22. The van der Waals surface area contributed by atoms with Gasteiger partial charge in [-0.05, 0) is 87.7 Å². The van der Waals surface area contributed by atoms with Crippen molar-refractivity contribution in [2.75, 3.05) is 40.1 Å². The molecule has 4 N–H and O–H groups in total. The summed E-state index contributed by atoms with van der Waals surface area (Å²) in [7, 11) is 7.32. The zero-order valence-corrected chi connectivity index (χ0v) is 20.4. The average molecular weight is 456 g/mol. The van der Waals surface area contributed by atoms with E-state index in [0.29, 0.717) is 48.3 Å². The van der Waals surface area contributed by atoms with Gasteiger partial charge in [-0.2, -0.15) is 0 Å². The molecule has 0 amide bonds. The minimum atomic E-state index is -0.863. The topological polar surface area (TPSA) is 77.5 Å². The molecule has 0 radical (unpaired) electrons. The number of likely N-dealkylation sites (N-methyl/N-ethyl adjacent to an activating group) is 1. The number of halogens is 2. The molecule has 0 atom stereocenters. The number of rotatable bonds is 10. The van der Waals surface area contributed by atoms with Crippen molar-refractivity contribution in [3.63, 3.8) is 0 Å². The molecule has 0 bridgehead atoms. The zero-order valence-electron chi connectivity index (χ0n) is 20.4. The summed E-state index contributed by atoms with van der Waals surface area (Å²) in [5, 5.41) is 11.6. The summed E-state index contributed by atoms with van der Waals surface area (Å²) in [6.45, 7) is 4.19. The number of aliphatic imine (C=N–C) groups is 1. The van der Waals surface area contributed by atoms with E-state index in [-0.39, 0.29) is 0 Å². The maximum atomic E-state index is 14.9. The lowest BCUT2D eigenvalue weighted by atomic mass is 9.92. The number of hydrogen-bond donors (Lipinski definition) is 3. The molecule has 5 nitrogen and oxygen atoms in total. The van der Waals surface area contributed by atoms with Gasteiger partial charge < -0.3 is 21.4 Å². The van der Waals surface area contributed by atoms with E-state index in [4.69, 9.17) is 11.1 Å². The van der Waals surface area contributed by atoms with Gasteiger partial charge in [0, 0.05) is 43.3 Å². The van der Waals surface area contributed by atoms with Crippen molar-refractivity contribution in [2.24, 2.45) is 10.7 Å². The number of benzene rings is 2.